The van der Waals surface area contributed by atoms with E-state index in [9.17, 15) is 0 Å². The topological polar surface area (TPSA) is 42.3 Å². The number of nitrogens with zero attached hydrogens (tertiary/aromatic N) is 3. The minimum atomic E-state index is 0.597. The molecule has 134 valence electrons. The van der Waals surface area contributed by atoms with Crippen LogP contribution in [0, 0.1) is 11.3 Å². The van der Waals surface area contributed by atoms with Gasteiger partial charge in [0, 0.05) is 44.7 Å². The number of hydrogen-bond donors (Lipinski definition) is 1. The van der Waals surface area contributed by atoms with Gasteiger partial charge in [-0.05, 0) is 63.5 Å². The normalized spacial score (nSPS) is 27.0. The van der Waals surface area contributed by atoms with Crippen molar-refractivity contribution in [2.75, 3.05) is 32.8 Å². The standard InChI is InChI=1S/C19H32N4O/c1-2-22-10-9-21-18(22)15-23(14-16-3-11-24-12-4-16)17-13-19(17)5-7-20-8-6-19/h9-10,16-17,20H,2-8,11-15H2,1H3/t17-/m1/s1. The third-order valence-electron chi connectivity index (χ3n) is 6.51. The Morgan fingerprint density at radius 2 is 2.12 bits per heavy atom. The van der Waals surface area contributed by atoms with E-state index in [1.807, 2.05) is 6.20 Å². The molecule has 2 saturated heterocycles. The summed E-state index contributed by atoms with van der Waals surface area (Å²) in [4.78, 5) is 7.42. The maximum absolute atomic E-state index is 5.57. The zero-order valence-corrected chi connectivity index (χ0v) is 15.0. The summed E-state index contributed by atoms with van der Waals surface area (Å²) in [7, 11) is 0. The highest BCUT2D eigenvalue weighted by atomic mass is 16.5. The van der Waals surface area contributed by atoms with Gasteiger partial charge in [-0.3, -0.25) is 4.90 Å². The van der Waals surface area contributed by atoms with Gasteiger partial charge in [-0.1, -0.05) is 0 Å². The van der Waals surface area contributed by atoms with Gasteiger partial charge in [0.1, 0.15) is 5.82 Å². The van der Waals surface area contributed by atoms with Crippen LogP contribution in [0.4, 0.5) is 0 Å². The average molecular weight is 332 g/mol. The SMILES string of the molecule is CCn1ccnc1CN(CC1CCOCC1)[C@@H]1CC12CCNCC2. The molecule has 3 fully saturated rings. The number of aryl methyl sites for hydroxylation is 1. The molecule has 0 bridgehead atoms. The van der Waals surface area contributed by atoms with E-state index >= 15 is 0 Å². The zero-order chi connectivity index (χ0) is 16.4. The van der Waals surface area contributed by atoms with E-state index in [1.54, 1.807) is 0 Å². The predicted octanol–water partition coefficient (Wildman–Crippen LogP) is 2.27. The highest BCUT2D eigenvalue weighted by Gasteiger charge is 2.56. The van der Waals surface area contributed by atoms with Gasteiger partial charge >= 0.3 is 0 Å². The fraction of sp³-hybridized carbons (Fsp3) is 0.842. The Hall–Kier alpha value is -0.910. The molecule has 0 unspecified atom stereocenters. The summed E-state index contributed by atoms with van der Waals surface area (Å²) in [5.41, 5.74) is 0.597. The molecule has 3 aliphatic rings. The van der Waals surface area contributed by atoms with E-state index in [0.717, 1.165) is 38.3 Å². The Morgan fingerprint density at radius 1 is 1.33 bits per heavy atom. The Balaban J connectivity index is 1.46. The van der Waals surface area contributed by atoms with Gasteiger partial charge in [0.2, 0.25) is 0 Å². The molecule has 1 aromatic heterocycles. The Morgan fingerprint density at radius 3 is 2.88 bits per heavy atom. The summed E-state index contributed by atoms with van der Waals surface area (Å²) in [6.07, 6.45) is 10.6. The molecule has 4 rings (SSSR count). The number of ether oxygens (including phenoxy) is 1. The molecule has 5 nitrogen and oxygen atoms in total. The van der Waals surface area contributed by atoms with Crippen LogP contribution in [0.25, 0.3) is 0 Å². The largest absolute Gasteiger partial charge is 0.381 e. The van der Waals surface area contributed by atoms with E-state index in [4.69, 9.17) is 4.74 Å². The van der Waals surface area contributed by atoms with Crippen molar-refractivity contribution in [2.45, 2.75) is 58.2 Å². The van der Waals surface area contributed by atoms with Crippen LogP contribution in [-0.2, 0) is 17.8 Å². The molecule has 1 N–H and O–H groups in total. The highest BCUT2D eigenvalue weighted by Crippen LogP contribution is 2.56. The van der Waals surface area contributed by atoms with Crippen molar-refractivity contribution in [1.29, 1.82) is 0 Å². The number of nitrogens with one attached hydrogen (secondary N) is 1. The van der Waals surface area contributed by atoms with Crippen molar-refractivity contribution in [2.24, 2.45) is 11.3 Å². The Kier molecular flexibility index (Phi) is 4.93. The minimum Gasteiger partial charge on any atom is -0.381 e. The van der Waals surface area contributed by atoms with Gasteiger partial charge in [0.05, 0.1) is 6.54 Å². The number of rotatable bonds is 6. The lowest BCUT2D eigenvalue weighted by molar-refractivity contribution is 0.0461. The molecule has 1 spiro atoms. The number of imidazole rings is 1. The highest BCUT2D eigenvalue weighted by molar-refractivity contribution is 5.11. The monoisotopic (exact) mass is 332 g/mol. The first-order valence-corrected chi connectivity index (χ1v) is 9.83. The summed E-state index contributed by atoms with van der Waals surface area (Å²) in [6, 6.07) is 0.768. The molecule has 1 aliphatic carbocycles. The Bertz CT molecular complexity index is 531. The average Bonchev–Trinajstić information content (AvgIpc) is 3.11. The molecule has 1 atom stereocenters. The fourth-order valence-corrected chi connectivity index (χ4v) is 4.83. The van der Waals surface area contributed by atoms with Crippen LogP contribution < -0.4 is 5.32 Å². The second kappa shape index (κ2) is 7.14. The molecule has 5 heteroatoms. The quantitative estimate of drug-likeness (QED) is 0.868. The minimum absolute atomic E-state index is 0.597. The zero-order valence-electron chi connectivity index (χ0n) is 15.0. The van der Waals surface area contributed by atoms with Gasteiger partial charge in [0.15, 0.2) is 0 Å². The van der Waals surface area contributed by atoms with Gasteiger partial charge < -0.3 is 14.6 Å². The van der Waals surface area contributed by atoms with Gasteiger partial charge in [-0.25, -0.2) is 4.98 Å². The Labute approximate surface area is 145 Å². The van der Waals surface area contributed by atoms with Crippen LogP contribution in [0.5, 0.6) is 0 Å². The van der Waals surface area contributed by atoms with Crippen LogP contribution in [0.3, 0.4) is 0 Å². The van der Waals surface area contributed by atoms with Crippen LogP contribution in [-0.4, -0.2) is 53.3 Å². The smallest absolute Gasteiger partial charge is 0.122 e. The van der Waals surface area contributed by atoms with Crippen LogP contribution in [0.2, 0.25) is 0 Å². The molecule has 1 saturated carbocycles. The lowest BCUT2D eigenvalue weighted by Gasteiger charge is -2.33. The molecule has 2 aliphatic heterocycles. The van der Waals surface area contributed by atoms with Crippen LogP contribution in [0.1, 0.15) is 44.9 Å². The summed E-state index contributed by atoms with van der Waals surface area (Å²) in [5.74, 6) is 2.03. The first kappa shape index (κ1) is 16.6. The summed E-state index contributed by atoms with van der Waals surface area (Å²) in [5, 5.41) is 3.53. The van der Waals surface area contributed by atoms with Crippen molar-refractivity contribution in [3.8, 4) is 0 Å². The lowest BCUT2D eigenvalue weighted by Crippen LogP contribution is -2.39. The predicted molar refractivity (Wildman–Crippen MR) is 94.8 cm³/mol. The summed E-state index contributed by atoms with van der Waals surface area (Å²) >= 11 is 0. The third-order valence-corrected chi connectivity index (χ3v) is 6.51. The van der Waals surface area contributed by atoms with E-state index in [0.29, 0.717) is 5.41 Å². The fourth-order valence-electron chi connectivity index (χ4n) is 4.83. The number of hydrogen-bond acceptors (Lipinski definition) is 4. The lowest BCUT2D eigenvalue weighted by atomic mass is 9.93. The molecule has 0 radical (unpaired) electrons. The molecular formula is C19H32N4O. The van der Waals surface area contributed by atoms with Crippen LogP contribution in [0.15, 0.2) is 12.4 Å². The first-order chi connectivity index (χ1) is 11.8. The third kappa shape index (κ3) is 3.39. The van der Waals surface area contributed by atoms with E-state index in [1.165, 1.54) is 57.6 Å². The van der Waals surface area contributed by atoms with E-state index in [-0.39, 0.29) is 0 Å². The van der Waals surface area contributed by atoms with Crippen molar-refractivity contribution in [1.82, 2.24) is 19.8 Å². The van der Waals surface area contributed by atoms with E-state index in [2.05, 4.69) is 32.9 Å². The summed E-state index contributed by atoms with van der Waals surface area (Å²) in [6.45, 7) is 9.75. The van der Waals surface area contributed by atoms with Crippen LogP contribution >= 0.6 is 0 Å². The molecule has 24 heavy (non-hydrogen) atoms. The van der Waals surface area contributed by atoms with Crippen molar-refractivity contribution < 1.29 is 4.74 Å². The second-order valence-corrected chi connectivity index (χ2v) is 7.95. The second-order valence-electron chi connectivity index (χ2n) is 7.95. The molecule has 0 amide bonds. The maximum Gasteiger partial charge on any atom is 0.122 e. The molecule has 0 aromatic carbocycles. The molecule has 1 aromatic rings. The maximum atomic E-state index is 5.57. The first-order valence-electron chi connectivity index (χ1n) is 9.83. The summed E-state index contributed by atoms with van der Waals surface area (Å²) < 4.78 is 7.87. The number of piperidine rings is 1. The molecule has 3 heterocycles. The van der Waals surface area contributed by atoms with Gasteiger partial charge in [-0.2, -0.15) is 0 Å². The van der Waals surface area contributed by atoms with Gasteiger partial charge in [0.25, 0.3) is 0 Å². The van der Waals surface area contributed by atoms with Crippen molar-refractivity contribution >= 4 is 0 Å². The van der Waals surface area contributed by atoms with E-state index < -0.39 is 0 Å². The van der Waals surface area contributed by atoms with Crippen molar-refractivity contribution in [3.05, 3.63) is 18.2 Å². The van der Waals surface area contributed by atoms with Gasteiger partial charge in [-0.15, -0.1) is 0 Å². The van der Waals surface area contributed by atoms with Crippen molar-refractivity contribution in [3.63, 3.8) is 0 Å². The molecular weight excluding hydrogens is 300 g/mol. The number of aromatic nitrogens is 2.